The standard InChI is InChI=1S/C17H17Cl2NO5.H2S/c1-20(2)13(23)8-25-17-10(18)7-6-9(15(17)19)16(24)14-11(21)4-3-5-12(14)22;/h6-7,24H,3-5,8H2,1-2H3;1H2. The predicted octanol–water partition coefficient (Wildman–Crippen LogP) is 3.16. The normalized spacial score (nSPS) is 13.9. The third kappa shape index (κ3) is 4.72. The Morgan fingerprint density at radius 2 is 1.77 bits per heavy atom. The van der Waals surface area contributed by atoms with Gasteiger partial charge < -0.3 is 14.7 Å². The van der Waals surface area contributed by atoms with E-state index in [-0.39, 0.29) is 65.8 Å². The minimum atomic E-state index is -0.500. The Labute approximate surface area is 168 Å². The van der Waals surface area contributed by atoms with Crippen LogP contribution < -0.4 is 4.74 Å². The molecule has 1 aliphatic rings. The number of ether oxygens (including phenoxy) is 1. The number of hydrogen-bond donors (Lipinski definition) is 1. The maximum absolute atomic E-state index is 12.0. The maximum atomic E-state index is 12.0. The number of amides is 1. The van der Waals surface area contributed by atoms with Gasteiger partial charge in [-0.25, -0.2) is 0 Å². The molecule has 0 saturated heterocycles. The molecule has 0 aromatic heterocycles. The van der Waals surface area contributed by atoms with Crippen molar-refractivity contribution in [2.45, 2.75) is 19.3 Å². The highest BCUT2D eigenvalue weighted by Crippen LogP contribution is 2.39. The Morgan fingerprint density at radius 1 is 1.19 bits per heavy atom. The Balaban J connectivity index is 0.00000338. The lowest BCUT2D eigenvalue weighted by molar-refractivity contribution is -0.130. The third-order valence-corrected chi connectivity index (χ3v) is 4.42. The second kappa shape index (κ2) is 9.30. The minimum absolute atomic E-state index is 0. The van der Waals surface area contributed by atoms with E-state index in [1.54, 1.807) is 14.1 Å². The first kappa shape index (κ1) is 22.3. The van der Waals surface area contributed by atoms with Crippen LogP contribution in [0.3, 0.4) is 0 Å². The number of Topliss-reactive ketones (excluding diaryl/α,β-unsaturated/α-hetero) is 2. The molecule has 0 aliphatic heterocycles. The predicted molar refractivity (Wildman–Crippen MR) is 104 cm³/mol. The minimum Gasteiger partial charge on any atom is -0.506 e. The van der Waals surface area contributed by atoms with Gasteiger partial charge >= 0.3 is 0 Å². The number of hydrogen-bond acceptors (Lipinski definition) is 5. The molecule has 9 heteroatoms. The summed E-state index contributed by atoms with van der Waals surface area (Å²) in [4.78, 5) is 37.0. The number of allylic oxidation sites excluding steroid dienone is 1. The molecule has 6 nitrogen and oxygen atoms in total. The summed E-state index contributed by atoms with van der Waals surface area (Å²) in [7, 11) is 3.14. The first-order valence-electron chi connectivity index (χ1n) is 7.55. The van der Waals surface area contributed by atoms with E-state index in [1.807, 2.05) is 0 Å². The van der Waals surface area contributed by atoms with Crippen molar-refractivity contribution in [1.29, 1.82) is 0 Å². The van der Waals surface area contributed by atoms with Crippen molar-refractivity contribution in [1.82, 2.24) is 4.90 Å². The van der Waals surface area contributed by atoms with E-state index in [4.69, 9.17) is 27.9 Å². The molecule has 1 fully saturated rings. The van der Waals surface area contributed by atoms with Gasteiger partial charge in [0, 0.05) is 32.5 Å². The van der Waals surface area contributed by atoms with E-state index in [0.717, 1.165) is 0 Å². The SMILES string of the molecule is CN(C)C(=O)COc1c(Cl)ccc(C(O)=C2C(=O)CCCC2=O)c1Cl.S. The van der Waals surface area contributed by atoms with Gasteiger partial charge in [0.15, 0.2) is 23.9 Å². The average Bonchev–Trinajstić information content (AvgIpc) is 2.54. The summed E-state index contributed by atoms with van der Waals surface area (Å²) >= 11 is 12.3. The van der Waals surface area contributed by atoms with Gasteiger partial charge in [0.05, 0.1) is 10.0 Å². The van der Waals surface area contributed by atoms with Crippen LogP contribution >= 0.6 is 36.7 Å². The van der Waals surface area contributed by atoms with E-state index in [9.17, 15) is 19.5 Å². The fraction of sp³-hybridized carbons (Fsp3) is 0.353. The molecular weight excluding hydrogens is 401 g/mol. The van der Waals surface area contributed by atoms with Crippen LogP contribution in [0.15, 0.2) is 17.7 Å². The fourth-order valence-corrected chi connectivity index (χ4v) is 2.89. The summed E-state index contributed by atoms with van der Waals surface area (Å²) in [5, 5.41) is 10.5. The molecule has 0 spiro atoms. The van der Waals surface area contributed by atoms with E-state index in [2.05, 4.69) is 0 Å². The van der Waals surface area contributed by atoms with Gasteiger partial charge in [-0.15, -0.1) is 0 Å². The van der Waals surface area contributed by atoms with Gasteiger partial charge in [0.1, 0.15) is 11.3 Å². The number of halogens is 2. The van der Waals surface area contributed by atoms with E-state index in [1.165, 1.54) is 17.0 Å². The second-order valence-electron chi connectivity index (χ2n) is 5.74. The Hall–Kier alpha value is -1.70. The van der Waals surface area contributed by atoms with Crippen molar-refractivity contribution in [3.05, 3.63) is 33.3 Å². The number of ketones is 2. The third-order valence-electron chi connectivity index (χ3n) is 3.75. The Morgan fingerprint density at radius 3 is 2.31 bits per heavy atom. The van der Waals surface area contributed by atoms with Crippen LogP contribution in [0.5, 0.6) is 5.75 Å². The summed E-state index contributed by atoms with van der Waals surface area (Å²) < 4.78 is 5.36. The summed E-state index contributed by atoms with van der Waals surface area (Å²) in [5.41, 5.74) is -0.206. The van der Waals surface area contributed by atoms with E-state index in [0.29, 0.717) is 6.42 Å². The zero-order chi connectivity index (χ0) is 18.7. The average molecular weight is 420 g/mol. The molecule has 0 heterocycles. The second-order valence-corrected chi connectivity index (χ2v) is 6.52. The molecule has 2 rings (SSSR count). The first-order valence-corrected chi connectivity index (χ1v) is 8.30. The van der Waals surface area contributed by atoms with Gasteiger partial charge in [0.25, 0.3) is 5.91 Å². The highest BCUT2D eigenvalue weighted by atomic mass is 35.5. The number of rotatable bonds is 4. The lowest BCUT2D eigenvalue weighted by Gasteiger charge is -2.17. The fourth-order valence-electron chi connectivity index (χ4n) is 2.32. The van der Waals surface area contributed by atoms with Crippen LogP contribution in [-0.4, -0.2) is 48.2 Å². The van der Waals surface area contributed by atoms with E-state index >= 15 is 0 Å². The van der Waals surface area contributed by atoms with Crippen LogP contribution in [0.25, 0.3) is 5.76 Å². The quantitative estimate of drug-likeness (QED) is 0.460. The number of carbonyl (C=O) groups excluding carboxylic acids is 3. The molecule has 142 valence electrons. The molecule has 1 N–H and O–H groups in total. The summed E-state index contributed by atoms with van der Waals surface area (Å²) in [6, 6.07) is 2.80. The maximum Gasteiger partial charge on any atom is 0.259 e. The van der Waals surface area contributed by atoms with Crippen molar-refractivity contribution in [2.24, 2.45) is 0 Å². The first-order chi connectivity index (χ1) is 11.7. The summed E-state index contributed by atoms with van der Waals surface area (Å²) in [6.07, 6.45) is 0.845. The molecular formula is C17H19Cl2NO5S. The summed E-state index contributed by atoms with van der Waals surface area (Å²) in [5.74, 6) is -1.66. The van der Waals surface area contributed by atoms with Gasteiger partial charge in [0.2, 0.25) is 0 Å². The molecule has 0 atom stereocenters. The van der Waals surface area contributed by atoms with Crippen LogP contribution in [0.1, 0.15) is 24.8 Å². The number of carbonyl (C=O) groups is 3. The summed E-state index contributed by atoms with van der Waals surface area (Å²) in [6.45, 7) is -0.301. The molecule has 1 saturated carbocycles. The van der Waals surface area contributed by atoms with Gasteiger partial charge in [-0.1, -0.05) is 23.2 Å². The van der Waals surface area contributed by atoms with Crippen molar-refractivity contribution in [3.8, 4) is 5.75 Å². The van der Waals surface area contributed by atoms with Crippen LogP contribution in [0.4, 0.5) is 0 Å². The van der Waals surface area contributed by atoms with Crippen LogP contribution in [0, 0.1) is 0 Å². The highest BCUT2D eigenvalue weighted by Gasteiger charge is 2.29. The van der Waals surface area contributed by atoms with Crippen molar-refractivity contribution < 1.29 is 24.2 Å². The number of aliphatic hydroxyl groups excluding tert-OH is 1. The molecule has 0 bridgehead atoms. The zero-order valence-electron chi connectivity index (χ0n) is 14.3. The zero-order valence-corrected chi connectivity index (χ0v) is 16.8. The Bertz CT molecular complexity index is 759. The highest BCUT2D eigenvalue weighted by molar-refractivity contribution is 7.59. The van der Waals surface area contributed by atoms with Gasteiger partial charge in [-0.3, -0.25) is 14.4 Å². The van der Waals surface area contributed by atoms with Crippen LogP contribution in [0.2, 0.25) is 10.0 Å². The largest absolute Gasteiger partial charge is 0.506 e. The lowest BCUT2D eigenvalue weighted by atomic mass is 9.90. The lowest BCUT2D eigenvalue weighted by Crippen LogP contribution is -2.27. The smallest absolute Gasteiger partial charge is 0.259 e. The molecule has 1 aliphatic carbocycles. The number of nitrogens with zero attached hydrogens (tertiary/aromatic N) is 1. The topological polar surface area (TPSA) is 83.9 Å². The Kier molecular flexibility index (Phi) is 7.99. The molecule has 0 radical (unpaired) electrons. The van der Waals surface area contributed by atoms with Crippen molar-refractivity contribution in [3.63, 3.8) is 0 Å². The molecule has 1 aromatic carbocycles. The number of benzene rings is 1. The number of likely N-dealkylation sites (N-methyl/N-ethyl adjacent to an activating group) is 1. The monoisotopic (exact) mass is 419 g/mol. The van der Waals surface area contributed by atoms with Gasteiger partial charge in [-0.05, 0) is 18.6 Å². The van der Waals surface area contributed by atoms with Crippen molar-refractivity contribution in [2.75, 3.05) is 20.7 Å². The van der Waals surface area contributed by atoms with Gasteiger partial charge in [-0.2, -0.15) is 13.5 Å². The van der Waals surface area contributed by atoms with Crippen LogP contribution in [-0.2, 0) is 14.4 Å². The van der Waals surface area contributed by atoms with E-state index < -0.39 is 17.3 Å². The molecule has 26 heavy (non-hydrogen) atoms. The molecule has 1 amide bonds. The molecule has 1 aromatic rings. The van der Waals surface area contributed by atoms with Crippen molar-refractivity contribution >= 4 is 59.9 Å². The number of aliphatic hydroxyl groups is 1. The molecule has 0 unspecified atom stereocenters.